The molecule has 0 aromatic carbocycles. The Balaban J connectivity index is 1.87. The van der Waals surface area contributed by atoms with Gasteiger partial charge in [0.1, 0.15) is 12.0 Å². The van der Waals surface area contributed by atoms with Crippen LogP contribution in [-0.2, 0) is 6.54 Å². The Bertz CT molecular complexity index is 278. The van der Waals surface area contributed by atoms with E-state index in [9.17, 15) is 0 Å². The molecule has 0 unspecified atom stereocenters. The van der Waals surface area contributed by atoms with Crippen molar-refractivity contribution in [1.82, 2.24) is 5.32 Å². The third kappa shape index (κ3) is 1.90. The van der Waals surface area contributed by atoms with Crippen LogP contribution in [0.25, 0.3) is 0 Å². The number of furan rings is 1. The molecule has 0 spiro atoms. The fourth-order valence-corrected chi connectivity index (χ4v) is 1.46. The molecule has 3 heteroatoms. The fraction of sp³-hybridized carbons (Fsp3) is 0.556. The first-order valence-electron chi connectivity index (χ1n) is 4.16. The summed E-state index contributed by atoms with van der Waals surface area (Å²) in [6.07, 6.45) is 4.29. The average Bonchev–Trinajstić information content (AvgIpc) is 2.60. The van der Waals surface area contributed by atoms with Gasteiger partial charge in [-0.2, -0.15) is 0 Å². The molecule has 0 saturated heterocycles. The molecule has 1 aliphatic rings. The molecule has 0 aliphatic heterocycles. The van der Waals surface area contributed by atoms with Gasteiger partial charge in [0.15, 0.2) is 0 Å². The maximum Gasteiger partial charge on any atom is 0.118 e. The molecule has 1 aromatic rings. The maximum absolute atomic E-state index is 5.28. The van der Waals surface area contributed by atoms with Crippen LogP contribution >= 0.6 is 15.9 Å². The molecule has 66 valence electrons. The normalized spacial score (nSPS) is 19.5. The van der Waals surface area contributed by atoms with Gasteiger partial charge in [-0.15, -0.1) is 0 Å². The van der Waals surface area contributed by atoms with Crippen molar-refractivity contribution in [3.8, 4) is 0 Å². The summed E-state index contributed by atoms with van der Waals surface area (Å²) in [5.41, 5.74) is 0.388. The van der Waals surface area contributed by atoms with Crippen LogP contribution in [0.4, 0.5) is 0 Å². The molecule has 1 aromatic heterocycles. The topological polar surface area (TPSA) is 25.2 Å². The van der Waals surface area contributed by atoms with Gasteiger partial charge < -0.3 is 9.73 Å². The summed E-state index contributed by atoms with van der Waals surface area (Å²) in [5.74, 6) is 0.995. The largest absolute Gasteiger partial charge is 0.467 e. The lowest BCUT2D eigenvalue weighted by Gasteiger charge is -2.08. The van der Waals surface area contributed by atoms with E-state index in [1.54, 1.807) is 6.26 Å². The van der Waals surface area contributed by atoms with Gasteiger partial charge in [0.2, 0.25) is 0 Å². The highest BCUT2D eigenvalue weighted by molar-refractivity contribution is 9.10. The SMILES string of the molecule is CC1(NCc2cc(Br)co2)CC1. The predicted octanol–water partition coefficient (Wildman–Crippen LogP) is 2.68. The summed E-state index contributed by atoms with van der Waals surface area (Å²) in [4.78, 5) is 0. The molecular weight excluding hydrogens is 218 g/mol. The summed E-state index contributed by atoms with van der Waals surface area (Å²) in [5, 5.41) is 3.45. The summed E-state index contributed by atoms with van der Waals surface area (Å²) in [6, 6.07) is 2.00. The van der Waals surface area contributed by atoms with Crippen molar-refractivity contribution in [3.63, 3.8) is 0 Å². The van der Waals surface area contributed by atoms with Crippen LogP contribution in [0.2, 0.25) is 0 Å². The van der Waals surface area contributed by atoms with E-state index in [0.29, 0.717) is 5.54 Å². The first kappa shape index (κ1) is 8.32. The molecule has 1 saturated carbocycles. The summed E-state index contributed by atoms with van der Waals surface area (Å²) in [7, 11) is 0. The lowest BCUT2D eigenvalue weighted by Crippen LogP contribution is -2.26. The molecule has 0 atom stereocenters. The fourth-order valence-electron chi connectivity index (χ4n) is 1.11. The molecule has 1 aliphatic carbocycles. The molecule has 1 N–H and O–H groups in total. The van der Waals surface area contributed by atoms with Crippen molar-refractivity contribution in [2.45, 2.75) is 31.8 Å². The van der Waals surface area contributed by atoms with Crippen LogP contribution in [0, 0.1) is 0 Å². The van der Waals surface area contributed by atoms with E-state index in [1.807, 2.05) is 6.07 Å². The Hall–Kier alpha value is -0.280. The van der Waals surface area contributed by atoms with Crippen molar-refractivity contribution in [1.29, 1.82) is 0 Å². The van der Waals surface area contributed by atoms with Gasteiger partial charge in [-0.05, 0) is 41.8 Å². The van der Waals surface area contributed by atoms with Gasteiger partial charge in [-0.25, -0.2) is 0 Å². The van der Waals surface area contributed by atoms with Gasteiger partial charge in [0.25, 0.3) is 0 Å². The van der Waals surface area contributed by atoms with Crippen molar-refractivity contribution in [2.24, 2.45) is 0 Å². The summed E-state index contributed by atoms with van der Waals surface area (Å²) >= 11 is 3.35. The molecular formula is C9H12BrNO. The molecule has 1 heterocycles. The lowest BCUT2D eigenvalue weighted by atomic mass is 10.3. The second-order valence-corrected chi connectivity index (χ2v) is 4.56. The number of hydrogen-bond donors (Lipinski definition) is 1. The minimum absolute atomic E-state index is 0.388. The van der Waals surface area contributed by atoms with E-state index in [1.165, 1.54) is 12.8 Å². The minimum atomic E-state index is 0.388. The highest BCUT2D eigenvalue weighted by atomic mass is 79.9. The second-order valence-electron chi connectivity index (χ2n) is 3.65. The minimum Gasteiger partial charge on any atom is -0.467 e. The second kappa shape index (κ2) is 2.89. The Morgan fingerprint density at radius 3 is 2.92 bits per heavy atom. The molecule has 0 radical (unpaired) electrons. The van der Waals surface area contributed by atoms with Crippen LogP contribution in [0.5, 0.6) is 0 Å². The molecule has 2 nitrogen and oxygen atoms in total. The monoisotopic (exact) mass is 229 g/mol. The molecule has 0 amide bonds. The highest BCUT2D eigenvalue weighted by Gasteiger charge is 2.36. The molecule has 12 heavy (non-hydrogen) atoms. The molecule has 1 fully saturated rings. The third-order valence-corrected chi connectivity index (χ3v) is 2.73. The highest BCUT2D eigenvalue weighted by Crippen LogP contribution is 2.34. The van der Waals surface area contributed by atoms with Crippen molar-refractivity contribution in [2.75, 3.05) is 0 Å². The van der Waals surface area contributed by atoms with Crippen LogP contribution < -0.4 is 5.32 Å². The summed E-state index contributed by atoms with van der Waals surface area (Å²) < 4.78 is 6.29. The van der Waals surface area contributed by atoms with Crippen molar-refractivity contribution < 1.29 is 4.42 Å². The number of hydrogen-bond acceptors (Lipinski definition) is 2. The zero-order chi connectivity index (χ0) is 8.60. The quantitative estimate of drug-likeness (QED) is 0.863. The molecule has 0 bridgehead atoms. The van der Waals surface area contributed by atoms with Gasteiger partial charge in [0, 0.05) is 5.54 Å². The van der Waals surface area contributed by atoms with E-state index >= 15 is 0 Å². The number of nitrogens with one attached hydrogen (secondary N) is 1. The standard InChI is InChI=1S/C9H12BrNO/c1-9(2-3-9)11-5-8-4-7(10)6-12-8/h4,6,11H,2-3,5H2,1H3. The Kier molecular flexibility index (Phi) is 2.00. The van der Waals surface area contributed by atoms with E-state index in [4.69, 9.17) is 4.42 Å². The van der Waals surface area contributed by atoms with E-state index in [0.717, 1.165) is 16.8 Å². The average molecular weight is 230 g/mol. The van der Waals surface area contributed by atoms with Crippen molar-refractivity contribution in [3.05, 3.63) is 22.6 Å². The van der Waals surface area contributed by atoms with Gasteiger partial charge in [0.05, 0.1) is 11.0 Å². The van der Waals surface area contributed by atoms with Gasteiger partial charge in [-0.1, -0.05) is 0 Å². The van der Waals surface area contributed by atoms with Gasteiger partial charge >= 0.3 is 0 Å². The van der Waals surface area contributed by atoms with Gasteiger partial charge in [-0.3, -0.25) is 0 Å². The van der Waals surface area contributed by atoms with Crippen LogP contribution in [0.3, 0.4) is 0 Å². The Morgan fingerprint density at radius 2 is 2.42 bits per heavy atom. The Labute approximate surface area is 80.5 Å². The lowest BCUT2D eigenvalue weighted by molar-refractivity contribution is 0.448. The zero-order valence-electron chi connectivity index (χ0n) is 7.06. The molecule has 2 rings (SSSR count). The first-order valence-corrected chi connectivity index (χ1v) is 4.95. The zero-order valence-corrected chi connectivity index (χ0v) is 8.65. The van der Waals surface area contributed by atoms with E-state index < -0.39 is 0 Å². The predicted molar refractivity (Wildman–Crippen MR) is 50.9 cm³/mol. The van der Waals surface area contributed by atoms with Crippen LogP contribution in [-0.4, -0.2) is 5.54 Å². The number of rotatable bonds is 3. The number of halogens is 1. The smallest absolute Gasteiger partial charge is 0.118 e. The maximum atomic E-state index is 5.28. The van der Waals surface area contributed by atoms with Crippen LogP contribution in [0.15, 0.2) is 21.2 Å². The van der Waals surface area contributed by atoms with E-state index in [-0.39, 0.29) is 0 Å². The van der Waals surface area contributed by atoms with Crippen LogP contribution in [0.1, 0.15) is 25.5 Å². The van der Waals surface area contributed by atoms with Crippen molar-refractivity contribution >= 4 is 15.9 Å². The Morgan fingerprint density at radius 1 is 1.67 bits per heavy atom. The first-order chi connectivity index (χ1) is 5.68. The third-order valence-electron chi connectivity index (χ3n) is 2.31. The van der Waals surface area contributed by atoms with E-state index in [2.05, 4.69) is 28.2 Å². The summed E-state index contributed by atoms with van der Waals surface area (Å²) in [6.45, 7) is 3.08.